The molecule has 7 heteroatoms. The molecular formula is C19H27FN4O2. The first-order chi connectivity index (χ1) is 12.4. The fraction of sp³-hybridized carbons (Fsp3) is 0.684. The largest absolute Gasteiger partial charge is 0.350 e. The second-order valence-electron chi connectivity index (χ2n) is 7.77. The summed E-state index contributed by atoms with van der Waals surface area (Å²) in [5.74, 6) is 1.28. The molecule has 0 unspecified atom stereocenters. The van der Waals surface area contributed by atoms with E-state index in [4.69, 9.17) is 0 Å². The normalized spacial score (nSPS) is 23.2. The van der Waals surface area contributed by atoms with Gasteiger partial charge in [-0.3, -0.25) is 9.59 Å². The molecule has 0 radical (unpaired) electrons. The third kappa shape index (κ3) is 4.37. The summed E-state index contributed by atoms with van der Waals surface area (Å²) in [4.78, 5) is 34.2. The fourth-order valence-electron chi connectivity index (χ4n) is 4.04. The first-order valence-electron chi connectivity index (χ1n) is 9.48. The van der Waals surface area contributed by atoms with Crippen LogP contribution in [0.15, 0.2) is 12.4 Å². The zero-order valence-electron chi connectivity index (χ0n) is 15.4. The third-order valence-corrected chi connectivity index (χ3v) is 5.58. The molecule has 1 N–H and O–H groups in total. The molecule has 26 heavy (non-hydrogen) atoms. The Morgan fingerprint density at radius 3 is 2.62 bits per heavy atom. The van der Waals surface area contributed by atoms with Gasteiger partial charge in [-0.25, -0.2) is 14.4 Å². The summed E-state index contributed by atoms with van der Waals surface area (Å²) < 4.78 is 12.8. The van der Waals surface area contributed by atoms with E-state index in [1.807, 2.05) is 0 Å². The summed E-state index contributed by atoms with van der Waals surface area (Å²) in [6.07, 6.45) is 6.14. The molecule has 2 atom stereocenters. The molecule has 142 valence electrons. The number of carbonyl (C=O) groups excluding carboxylic acids is 2. The molecular weight excluding hydrogens is 335 g/mol. The lowest BCUT2D eigenvalue weighted by molar-refractivity contribution is -0.139. The third-order valence-electron chi connectivity index (χ3n) is 5.58. The molecule has 0 bridgehead atoms. The van der Waals surface area contributed by atoms with Crippen molar-refractivity contribution >= 4 is 11.8 Å². The Bertz CT molecular complexity index is 643. The van der Waals surface area contributed by atoms with E-state index in [-0.39, 0.29) is 23.8 Å². The number of rotatable bonds is 6. The lowest BCUT2D eigenvalue weighted by Gasteiger charge is -2.40. The number of aryl methyl sites for hydroxylation is 1. The molecule has 3 rings (SSSR count). The van der Waals surface area contributed by atoms with Crippen LogP contribution in [0.2, 0.25) is 0 Å². The maximum absolute atomic E-state index is 12.8. The number of halogens is 1. The number of nitrogens with zero attached hydrogens (tertiary/aromatic N) is 3. The van der Waals surface area contributed by atoms with Crippen LogP contribution in [0.1, 0.15) is 45.4 Å². The van der Waals surface area contributed by atoms with E-state index < -0.39 is 5.82 Å². The monoisotopic (exact) mass is 362 g/mol. The second kappa shape index (κ2) is 8.10. The summed E-state index contributed by atoms with van der Waals surface area (Å²) in [7, 11) is 0. The molecule has 0 aromatic carbocycles. The molecule has 1 aromatic heterocycles. The van der Waals surface area contributed by atoms with Gasteiger partial charge < -0.3 is 10.2 Å². The van der Waals surface area contributed by atoms with Crippen LogP contribution in [0.5, 0.6) is 0 Å². The van der Waals surface area contributed by atoms with Gasteiger partial charge in [0, 0.05) is 31.8 Å². The zero-order chi connectivity index (χ0) is 18.7. The van der Waals surface area contributed by atoms with Crippen molar-refractivity contribution in [1.82, 2.24) is 20.2 Å². The van der Waals surface area contributed by atoms with E-state index in [9.17, 15) is 14.0 Å². The van der Waals surface area contributed by atoms with Crippen LogP contribution in [0, 0.1) is 23.6 Å². The number of carbonyl (C=O) groups is 2. The summed E-state index contributed by atoms with van der Waals surface area (Å²) in [5.41, 5.74) is 0. The van der Waals surface area contributed by atoms with E-state index in [1.165, 1.54) is 0 Å². The highest BCUT2D eigenvalue weighted by Gasteiger charge is 2.38. The van der Waals surface area contributed by atoms with Crippen LogP contribution < -0.4 is 5.32 Å². The molecule has 1 saturated carbocycles. The van der Waals surface area contributed by atoms with Crippen LogP contribution >= 0.6 is 0 Å². The minimum atomic E-state index is -0.483. The minimum absolute atomic E-state index is 0.0179. The van der Waals surface area contributed by atoms with Gasteiger partial charge in [-0.2, -0.15) is 0 Å². The highest BCUT2D eigenvalue weighted by Crippen LogP contribution is 2.37. The van der Waals surface area contributed by atoms with Gasteiger partial charge in [-0.15, -0.1) is 0 Å². The van der Waals surface area contributed by atoms with Crippen molar-refractivity contribution in [1.29, 1.82) is 0 Å². The van der Waals surface area contributed by atoms with Gasteiger partial charge in [0.05, 0.1) is 18.4 Å². The Labute approximate surface area is 153 Å². The Kier molecular flexibility index (Phi) is 5.84. The number of likely N-dealkylation sites (tertiary alicyclic amines) is 1. The average Bonchev–Trinajstić information content (AvgIpc) is 3.07. The Morgan fingerprint density at radius 1 is 1.27 bits per heavy atom. The molecule has 1 saturated heterocycles. The highest BCUT2D eigenvalue weighted by atomic mass is 19.1. The van der Waals surface area contributed by atoms with Crippen molar-refractivity contribution in [3.05, 3.63) is 24.0 Å². The summed E-state index contributed by atoms with van der Waals surface area (Å²) in [6, 6.07) is 0.0573. The van der Waals surface area contributed by atoms with Crippen molar-refractivity contribution in [3.8, 4) is 0 Å². The van der Waals surface area contributed by atoms with Crippen LogP contribution in [-0.2, 0) is 16.0 Å². The molecule has 2 amide bonds. The molecule has 2 heterocycles. The number of nitrogens with one attached hydrogen (secondary N) is 1. The van der Waals surface area contributed by atoms with Crippen molar-refractivity contribution in [2.24, 2.45) is 17.8 Å². The van der Waals surface area contributed by atoms with E-state index in [0.717, 1.165) is 31.7 Å². The van der Waals surface area contributed by atoms with Crippen LogP contribution in [0.3, 0.4) is 0 Å². The maximum atomic E-state index is 12.8. The Hall–Kier alpha value is -2.05. The molecule has 2 fully saturated rings. The van der Waals surface area contributed by atoms with E-state index in [2.05, 4.69) is 29.1 Å². The van der Waals surface area contributed by atoms with Gasteiger partial charge in [0.25, 0.3) is 0 Å². The van der Waals surface area contributed by atoms with Crippen molar-refractivity contribution < 1.29 is 14.0 Å². The Balaban J connectivity index is 1.39. The first kappa shape index (κ1) is 18.7. The van der Waals surface area contributed by atoms with Gasteiger partial charge in [0.1, 0.15) is 5.82 Å². The smallest absolute Gasteiger partial charge is 0.223 e. The van der Waals surface area contributed by atoms with Crippen molar-refractivity contribution in [2.75, 3.05) is 13.1 Å². The van der Waals surface area contributed by atoms with Gasteiger partial charge in [0.15, 0.2) is 5.82 Å². The van der Waals surface area contributed by atoms with E-state index in [0.29, 0.717) is 43.6 Å². The highest BCUT2D eigenvalue weighted by molar-refractivity contribution is 5.81. The van der Waals surface area contributed by atoms with Crippen molar-refractivity contribution in [2.45, 2.75) is 52.0 Å². The van der Waals surface area contributed by atoms with Gasteiger partial charge in [-0.1, -0.05) is 20.3 Å². The van der Waals surface area contributed by atoms with E-state index >= 15 is 0 Å². The summed E-state index contributed by atoms with van der Waals surface area (Å²) in [6.45, 7) is 5.50. The van der Waals surface area contributed by atoms with Gasteiger partial charge >= 0.3 is 0 Å². The number of hydrogen-bond acceptors (Lipinski definition) is 4. The maximum Gasteiger partial charge on any atom is 0.223 e. The summed E-state index contributed by atoms with van der Waals surface area (Å²) in [5, 5.41) is 3.11. The SMILES string of the molecule is CC(C)[C@@H]1CCC[C@H]1C(=O)NC1CN(C(=O)CCc2ncc(F)cn2)C1. The predicted molar refractivity (Wildman–Crippen MR) is 94.5 cm³/mol. The molecule has 0 spiro atoms. The lowest BCUT2D eigenvalue weighted by atomic mass is 9.85. The average molecular weight is 362 g/mol. The summed E-state index contributed by atoms with van der Waals surface area (Å²) >= 11 is 0. The molecule has 6 nitrogen and oxygen atoms in total. The molecule has 2 aliphatic rings. The minimum Gasteiger partial charge on any atom is -0.350 e. The standard InChI is InChI=1S/C19H27FN4O2/c1-12(2)15-4-3-5-16(15)19(26)23-14-10-24(11-14)18(25)7-6-17-21-8-13(20)9-22-17/h8-9,12,14-16H,3-7,10-11H2,1-2H3,(H,23,26)/t15-,16+/m0/s1. The van der Waals surface area contributed by atoms with Crippen molar-refractivity contribution in [3.63, 3.8) is 0 Å². The van der Waals surface area contributed by atoms with Gasteiger partial charge in [-0.05, 0) is 24.7 Å². The second-order valence-corrected chi connectivity index (χ2v) is 7.77. The number of amides is 2. The quantitative estimate of drug-likeness (QED) is 0.839. The molecule has 1 aliphatic heterocycles. The van der Waals surface area contributed by atoms with Crippen LogP contribution in [0.25, 0.3) is 0 Å². The van der Waals surface area contributed by atoms with E-state index in [1.54, 1.807) is 4.90 Å². The zero-order valence-corrected chi connectivity index (χ0v) is 15.4. The lowest BCUT2D eigenvalue weighted by Crippen LogP contribution is -2.61. The number of hydrogen-bond donors (Lipinski definition) is 1. The van der Waals surface area contributed by atoms with Crippen LogP contribution in [-0.4, -0.2) is 45.8 Å². The number of aromatic nitrogens is 2. The predicted octanol–water partition coefficient (Wildman–Crippen LogP) is 1.95. The topological polar surface area (TPSA) is 75.2 Å². The first-order valence-corrected chi connectivity index (χ1v) is 9.48. The Morgan fingerprint density at radius 2 is 1.96 bits per heavy atom. The fourth-order valence-corrected chi connectivity index (χ4v) is 4.04. The van der Waals surface area contributed by atoms with Gasteiger partial charge in [0.2, 0.25) is 11.8 Å². The molecule has 1 aliphatic carbocycles. The molecule has 1 aromatic rings. The van der Waals surface area contributed by atoms with Crippen LogP contribution in [0.4, 0.5) is 4.39 Å².